The van der Waals surface area contributed by atoms with Gasteiger partial charge in [0.15, 0.2) is 0 Å². The molecule has 1 aromatic heterocycles. The summed E-state index contributed by atoms with van der Waals surface area (Å²) in [5.74, 6) is 1.21. The normalized spacial score (nSPS) is 14.0. The van der Waals surface area contributed by atoms with Crippen molar-refractivity contribution in [2.24, 2.45) is 5.92 Å². The molecule has 1 heterocycles. The number of pyridine rings is 1. The van der Waals surface area contributed by atoms with Gasteiger partial charge in [-0.05, 0) is 32.3 Å². The summed E-state index contributed by atoms with van der Waals surface area (Å²) in [4.78, 5) is 4.16. The topological polar surface area (TPSA) is 63.6 Å². The van der Waals surface area contributed by atoms with Gasteiger partial charge in [0.05, 0.1) is 37.3 Å². The van der Waals surface area contributed by atoms with Crippen molar-refractivity contribution in [2.45, 2.75) is 46.3 Å². The zero-order valence-electron chi connectivity index (χ0n) is 13.5. The molecule has 0 saturated heterocycles. The zero-order valence-corrected chi connectivity index (χ0v) is 13.5. The Morgan fingerprint density at radius 2 is 2.05 bits per heavy atom. The second-order valence-corrected chi connectivity index (χ2v) is 5.63. The molecule has 0 saturated carbocycles. The second-order valence-electron chi connectivity index (χ2n) is 5.63. The highest BCUT2D eigenvalue weighted by atomic mass is 16.5. The molecule has 0 aliphatic rings. The number of rotatable bonds is 10. The van der Waals surface area contributed by atoms with Crippen molar-refractivity contribution in [2.75, 3.05) is 25.1 Å². The summed E-state index contributed by atoms with van der Waals surface area (Å²) in [6.07, 6.45) is 2.33. The first kappa shape index (κ1) is 17.7. The zero-order chi connectivity index (χ0) is 15.7. The van der Waals surface area contributed by atoms with Gasteiger partial charge in [-0.1, -0.05) is 13.8 Å². The molecule has 2 atom stereocenters. The van der Waals surface area contributed by atoms with Crippen molar-refractivity contribution in [1.29, 1.82) is 0 Å². The first-order valence-corrected chi connectivity index (χ1v) is 7.63. The van der Waals surface area contributed by atoms with E-state index >= 15 is 0 Å². The van der Waals surface area contributed by atoms with Crippen LogP contribution >= 0.6 is 0 Å². The molecule has 0 radical (unpaired) electrons. The maximum Gasteiger partial charge on any atom is 0.213 e. The Labute approximate surface area is 127 Å². The van der Waals surface area contributed by atoms with E-state index in [-0.39, 0.29) is 6.10 Å². The summed E-state index contributed by atoms with van der Waals surface area (Å²) in [6, 6.07) is 3.69. The Morgan fingerprint density at radius 1 is 1.29 bits per heavy atom. The highest BCUT2D eigenvalue weighted by Gasteiger charge is 2.09. The fraction of sp³-hybridized carbons (Fsp3) is 0.688. The lowest BCUT2D eigenvalue weighted by Gasteiger charge is -2.18. The van der Waals surface area contributed by atoms with E-state index in [0.717, 1.165) is 12.1 Å². The standard InChI is InChI=1S/C16H28N2O3/c1-5-20-16-7-6-14(9-18-16)17-10-15(19)11-21-13(4)8-12(2)3/h6-7,9,12-13,15,17,19H,5,8,10-11H2,1-4H3. The fourth-order valence-corrected chi connectivity index (χ4v) is 2.02. The van der Waals surface area contributed by atoms with Crippen LogP contribution in [0.1, 0.15) is 34.1 Å². The Bertz CT molecular complexity index is 382. The minimum absolute atomic E-state index is 0.173. The van der Waals surface area contributed by atoms with E-state index in [1.165, 1.54) is 0 Å². The van der Waals surface area contributed by atoms with E-state index in [9.17, 15) is 5.11 Å². The smallest absolute Gasteiger partial charge is 0.213 e. The van der Waals surface area contributed by atoms with Gasteiger partial charge in [0.1, 0.15) is 0 Å². The monoisotopic (exact) mass is 296 g/mol. The SMILES string of the molecule is CCOc1ccc(NCC(O)COC(C)CC(C)C)cn1. The lowest BCUT2D eigenvalue weighted by molar-refractivity contribution is -0.00443. The molecule has 120 valence electrons. The lowest BCUT2D eigenvalue weighted by Crippen LogP contribution is -2.27. The van der Waals surface area contributed by atoms with Gasteiger partial charge in [0, 0.05) is 12.6 Å². The molecule has 0 bridgehead atoms. The fourth-order valence-electron chi connectivity index (χ4n) is 2.02. The van der Waals surface area contributed by atoms with E-state index < -0.39 is 6.10 Å². The lowest BCUT2D eigenvalue weighted by atomic mass is 10.1. The molecule has 0 aliphatic carbocycles. The number of ether oxygens (including phenoxy) is 2. The van der Waals surface area contributed by atoms with E-state index in [1.807, 2.05) is 19.9 Å². The minimum atomic E-state index is -0.536. The first-order valence-electron chi connectivity index (χ1n) is 7.63. The molecular formula is C16H28N2O3. The van der Waals surface area contributed by atoms with Gasteiger partial charge < -0.3 is 19.9 Å². The predicted molar refractivity (Wildman–Crippen MR) is 84.8 cm³/mol. The number of nitrogens with one attached hydrogen (secondary N) is 1. The van der Waals surface area contributed by atoms with Crippen LogP contribution in [0.5, 0.6) is 5.88 Å². The molecule has 0 amide bonds. The van der Waals surface area contributed by atoms with Crippen LogP contribution in [0.25, 0.3) is 0 Å². The van der Waals surface area contributed by atoms with Gasteiger partial charge in [-0.2, -0.15) is 0 Å². The number of anilines is 1. The first-order chi connectivity index (χ1) is 10.0. The number of aliphatic hydroxyl groups is 1. The summed E-state index contributed by atoms with van der Waals surface area (Å²) < 4.78 is 10.9. The van der Waals surface area contributed by atoms with Crippen molar-refractivity contribution in [3.05, 3.63) is 18.3 Å². The van der Waals surface area contributed by atoms with Crippen LogP contribution in [0, 0.1) is 5.92 Å². The van der Waals surface area contributed by atoms with Crippen molar-refractivity contribution >= 4 is 5.69 Å². The molecule has 5 nitrogen and oxygen atoms in total. The van der Waals surface area contributed by atoms with Crippen LogP contribution in [-0.4, -0.2) is 42.1 Å². The van der Waals surface area contributed by atoms with Crippen molar-refractivity contribution in [3.63, 3.8) is 0 Å². The molecular weight excluding hydrogens is 268 g/mol. The van der Waals surface area contributed by atoms with Gasteiger partial charge in [0.2, 0.25) is 5.88 Å². The molecule has 1 aromatic rings. The summed E-state index contributed by atoms with van der Waals surface area (Å²) in [7, 11) is 0. The van der Waals surface area contributed by atoms with Crippen LogP contribution in [0.15, 0.2) is 18.3 Å². The van der Waals surface area contributed by atoms with E-state index in [0.29, 0.717) is 31.6 Å². The molecule has 5 heteroatoms. The average Bonchev–Trinajstić information content (AvgIpc) is 2.44. The summed E-state index contributed by atoms with van der Waals surface area (Å²) >= 11 is 0. The molecule has 0 fully saturated rings. The highest BCUT2D eigenvalue weighted by molar-refractivity contribution is 5.42. The van der Waals surface area contributed by atoms with Gasteiger partial charge in [-0.3, -0.25) is 0 Å². The summed E-state index contributed by atoms with van der Waals surface area (Å²) in [5.41, 5.74) is 0.854. The summed E-state index contributed by atoms with van der Waals surface area (Å²) in [5, 5.41) is 13.0. The van der Waals surface area contributed by atoms with Crippen molar-refractivity contribution in [1.82, 2.24) is 4.98 Å². The van der Waals surface area contributed by atoms with Crippen LogP contribution < -0.4 is 10.1 Å². The molecule has 2 N–H and O–H groups in total. The number of aromatic nitrogens is 1. The summed E-state index contributed by atoms with van der Waals surface area (Å²) in [6.45, 7) is 9.66. The van der Waals surface area contributed by atoms with Gasteiger partial charge in [-0.15, -0.1) is 0 Å². The Kier molecular flexibility index (Phi) is 8.08. The third-order valence-electron chi connectivity index (χ3n) is 2.95. The van der Waals surface area contributed by atoms with E-state index in [1.54, 1.807) is 12.3 Å². The highest BCUT2D eigenvalue weighted by Crippen LogP contribution is 2.12. The largest absolute Gasteiger partial charge is 0.478 e. The van der Waals surface area contributed by atoms with Gasteiger partial charge >= 0.3 is 0 Å². The van der Waals surface area contributed by atoms with Gasteiger partial charge in [0.25, 0.3) is 0 Å². The predicted octanol–water partition coefficient (Wildman–Crippen LogP) is 2.70. The second kappa shape index (κ2) is 9.58. The molecule has 0 aromatic carbocycles. The van der Waals surface area contributed by atoms with E-state index in [4.69, 9.17) is 9.47 Å². The Hall–Kier alpha value is -1.33. The molecule has 21 heavy (non-hydrogen) atoms. The maximum atomic E-state index is 9.90. The number of hydrogen-bond acceptors (Lipinski definition) is 5. The van der Waals surface area contributed by atoms with Crippen LogP contribution in [0.2, 0.25) is 0 Å². The van der Waals surface area contributed by atoms with E-state index in [2.05, 4.69) is 24.1 Å². The van der Waals surface area contributed by atoms with Gasteiger partial charge in [-0.25, -0.2) is 4.98 Å². The number of nitrogens with zero attached hydrogens (tertiary/aromatic N) is 1. The number of aliphatic hydroxyl groups excluding tert-OH is 1. The third-order valence-corrected chi connectivity index (χ3v) is 2.95. The van der Waals surface area contributed by atoms with Crippen molar-refractivity contribution < 1.29 is 14.6 Å². The maximum absolute atomic E-state index is 9.90. The quantitative estimate of drug-likeness (QED) is 0.695. The molecule has 1 rings (SSSR count). The van der Waals surface area contributed by atoms with Crippen LogP contribution in [0.4, 0.5) is 5.69 Å². The molecule has 2 unspecified atom stereocenters. The Morgan fingerprint density at radius 3 is 2.62 bits per heavy atom. The molecule has 0 aliphatic heterocycles. The number of hydrogen-bond donors (Lipinski definition) is 2. The van der Waals surface area contributed by atoms with Crippen LogP contribution in [0.3, 0.4) is 0 Å². The molecule has 0 spiro atoms. The third kappa shape index (κ3) is 7.87. The average molecular weight is 296 g/mol. The Balaban J connectivity index is 2.24. The van der Waals surface area contributed by atoms with Crippen molar-refractivity contribution in [3.8, 4) is 5.88 Å². The minimum Gasteiger partial charge on any atom is -0.478 e. The van der Waals surface area contributed by atoms with Crippen LogP contribution in [-0.2, 0) is 4.74 Å².